The highest BCUT2D eigenvalue weighted by atomic mass is 14.7. The minimum absolute atomic E-state index is 0.704. The van der Waals surface area contributed by atoms with Gasteiger partial charge in [0.2, 0.25) is 0 Å². The summed E-state index contributed by atoms with van der Waals surface area (Å²) in [5.41, 5.74) is 29.7. The molecule has 7 aromatic carbocycles. The third kappa shape index (κ3) is 9.87. The Bertz CT molecular complexity index is 3610. The quantitative estimate of drug-likeness (QED) is 0.116. The summed E-state index contributed by atoms with van der Waals surface area (Å²) in [6.45, 7) is 4.08. The maximum absolute atomic E-state index is 9.59. The van der Waals surface area contributed by atoms with Gasteiger partial charge in [-0.2, -0.15) is 5.26 Å². The second-order valence-corrected chi connectivity index (χ2v) is 20.6. The van der Waals surface area contributed by atoms with Crippen LogP contribution in [0, 0.1) is 25.2 Å². The Kier molecular flexibility index (Phi) is 12.9. The van der Waals surface area contributed by atoms with Crippen molar-refractivity contribution in [3.63, 3.8) is 0 Å². The zero-order chi connectivity index (χ0) is 50.0. The van der Waals surface area contributed by atoms with E-state index in [0.717, 1.165) is 107 Å². The van der Waals surface area contributed by atoms with E-state index in [0.29, 0.717) is 5.56 Å². The highest BCUT2D eigenvalue weighted by molar-refractivity contribution is 5.94. The SMILES string of the molecule is Cc1ccc(-c2ccc(-c3ccccc3-c3cc(CCc4ccc(-c5cc6c(cn5)CCC6)cc4)cc(CCc4ccc(-c5cc6c(cn5)CCC6)cc4)c3)c(-c3ccc(-c4ccc(C#N)c(C)c4)cc3)c2)nc1. The van der Waals surface area contributed by atoms with Crippen molar-refractivity contribution in [1.82, 2.24) is 15.0 Å². The lowest BCUT2D eigenvalue weighted by Crippen LogP contribution is -1.98. The minimum atomic E-state index is 0.704. The van der Waals surface area contributed by atoms with Gasteiger partial charge in [-0.05, 0) is 209 Å². The van der Waals surface area contributed by atoms with E-state index in [9.17, 15) is 5.26 Å². The van der Waals surface area contributed by atoms with Gasteiger partial charge in [-0.1, -0.05) is 146 Å². The molecule has 2 aliphatic carbocycles. The lowest BCUT2D eigenvalue weighted by Gasteiger charge is -2.18. The fourth-order valence-corrected chi connectivity index (χ4v) is 11.3. The summed E-state index contributed by atoms with van der Waals surface area (Å²) < 4.78 is 0. The van der Waals surface area contributed by atoms with Gasteiger partial charge in [0, 0.05) is 35.3 Å². The van der Waals surface area contributed by atoms with Crippen LogP contribution in [0.25, 0.3) is 78.3 Å². The summed E-state index contributed by atoms with van der Waals surface area (Å²) in [7, 11) is 0. The molecular weight excluding hydrogens is 897 g/mol. The van der Waals surface area contributed by atoms with Crippen LogP contribution >= 0.6 is 0 Å². The number of rotatable bonds is 13. The Labute approximate surface area is 436 Å². The van der Waals surface area contributed by atoms with E-state index in [-0.39, 0.29) is 0 Å². The number of hydrogen-bond acceptors (Lipinski definition) is 4. The van der Waals surface area contributed by atoms with Crippen LogP contribution < -0.4 is 0 Å². The molecular formula is C70H58N4. The van der Waals surface area contributed by atoms with E-state index in [1.54, 1.807) is 0 Å². The number of aromatic nitrogens is 3. The van der Waals surface area contributed by atoms with Crippen LogP contribution in [0.2, 0.25) is 0 Å². The summed E-state index contributed by atoms with van der Waals surface area (Å²) in [6.07, 6.45) is 16.9. The Morgan fingerprint density at radius 2 is 0.878 bits per heavy atom. The second-order valence-electron chi connectivity index (χ2n) is 20.6. The number of pyridine rings is 3. The van der Waals surface area contributed by atoms with E-state index in [4.69, 9.17) is 15.0 Å². The molecule has 0 atom stereocenters. The fourth-order valence-electron chi connectivity index (χ4n) is 11.3. The number of hydrogen-bond donors (Lipinski definition) is 0. The molecule has 0 fully saturated rings. The first-order valence-corrected chi connectivity index (χ1v) is 26.4. The highest BCUT2D eigenvalue weighted by Gasteiger charge is 2.18. The summed E-state index contributed by atoms with van der Waals surface area (Å²) in [5, 5.41) is 9.59. The molecule has 0 aliphatic heterocycles. The number of nitriles is 1. The van der Waals surface area contributed by atoms with Crippen molar-refractivity contribution in [3.8, 4) is 84.3 Å². The van der Waals surface area contributed by atoms with Crippen molar-refractivity contribution in [2.45, 2.75) is 78.1 Å². The lowest BCUT2D eigenvalue weighted by atomic mass is 9.86. The zero-order valence-electron chi connectivity index (χ0n) is 42.3. The maximum atomic E-state index is 9.59. The van der Waals surface area contributed by atoms with E-state index >= 15 is 0 Å². The van der Waals surface area contributed by atoms with Crippen LogP contribution in [0.5, 0.6) is 0 Å². The van der Waals surface area contributed by atoms with Gasteiger partial charge in [0.05, 0.1) is 28.7 Å². The summed E-state index contributed by atoms with van der Waals surface area (Å²) in [6, 6.07) is 67.3. The predicted molar refractivity (Wildman–Crippen MR) is 304 cm³/mol. The maximum Gasteiger partial charge on any atom is 0.0994 e. The van der Waals surface area contributed by atoms with Gasteiger partial charge in [-0.15, -0.1) is 0 Å². The molecule has 4 heteroatoms. The minimum Gasteiger partial charge on any atom is -0.256 e. The van der Waals surface area contributed by atoms with Crippen molar-refractivity contribution in [2.24, 2.45) is 0 Å². The van der Waals surface area contributed by atoms with Crippen LogP contribution in [0.15, 0.2) is 195 Å². The topological polar surface area (TPSA) is 62.5 Å². The first-order chi connectivity index (χ1) is 36.4. The summed E-state index contributed by atoms with van der Waals surface area (Å²) >= 11 is 0. The van der Waals surface area contributed by atoms with Gasteiger partial charge in [-0.25, -0.2) is 0 Å². The normalized spacial score (nSPS) is 12.6. The smallest absolute Gasteiger partial charge is 0.0994 e. The molecule has 0 spiro atoms. The van der Waals surface area contributed by atoms with E-state index in [2.05, 4.69) is 189 Å². The Morgan fingerprint density at radius 1 is 0.365 bits per heavy atom. The molecule has 3 aromatic heterocycles. The molecule has 2 aliphatic rings. The van der Waals surface area contributed by atoms with Crippen LogP contribution in [-0.4, -0.2) is 15.0 Å². The van der Waals surface area contributed by atoms with Crippen molar-refractivity contribution < 1.29 is 0 Å². The molecule has 0 bridgehead atoms. The van der Waals surface area contributed by atoms with Gasteiger partial charge in [0.15, 0.2) is 0 Å². The molecule has 0 unspecified atom stereocenters. The number of aryl methyl sites for hydroxylation is 10. The molecule has 0 radical (unpaired) electrons. The van der Waals surface area contributed by atoms with Gasteiger partial charge in [0.1, 0.15) is 0 Å². The molecule has 3 heterocycles. The molecule has 12 rings (SSSR count). The fraction of sp³-hybridized carbons (Fsp3) is 0.171. The van der Waals surface area contributed by atoms with Gasteiger partial charge >= 0.3 is 0 Å². The van der Waals surface area contributed by atoms with Gasteiger partial charge in [-0.3, -0.25) is 15.0 Å². The standard InChI is InChI=1S/C70H58N4/c1-46-13-34-68(72-43-46)59-32-33-66(67(39-59)53-28-26-52(27-29-53)58-30-31-60(42-71)47(2)35-58)65-12-4-3-11-64(65)63-37-50(16-14-48-18-22-54(23-19-48)69-40-56-7-5-9-61(56)44-73-69)36-51(38-63)17-15-49-20-24-55(25-21-49)70-41-57-8-6-10-62(57)45-74-70/h3-4,11-13,18-41,43-45H,5-10,14-17H2,1-2H3. The number of fused-ring (bicyclic) bond motifs is 2. The van der Waals surface area contributed by atoms with Crippen LogP contribution in [0.1, 0.15) is 74.0 Å². The Hall–Kier alpha value is -8.52. The molecule has 0 saturated heterocycles. The Balaban J connectivity index is 0.887. The van der Waals surface area contributed by atoms with Crippen molar-refractivity contribution in [3.05, 3.63) is 256 Å². The first kappa shape index (κ1) is 46.5. The van der Waals surface area contributed by atoms with Crippen LogP contribution in [0.3, 0.4) is 0 Å². The largest absolute Gasteiger partial charge is 0.256 e. The monoisotopic (exact) mass is 954 g/mol. The molecule has 358 valence electrons. The Morgan fingerprint density at radius 3 is 1.46 bits per heavy atom. The lowest BCUT2D eigenvalue weighted by molar-refractivity contribution is 0.911. The predicted octanol–water partition coefficient (Wildman–Crippen LogP) is 16.6. The van der Waals surface area contributed by atoms with Crippen molar-refractivity contribution in [2.75, 3.05) is 0 Å². The summed E-state index contributed by atoms with van der Waals surface area (Å²) in [4.78, 5) is 14.5. The van der Waals surface area contributed by atoms with Crippen molar-refractivity contribution >= 4 is 0 Å². The van der Waals surface area contributed by atoms with Crippen molar-refractivity contribution in [1.29, 1.82) is 5.26 Å². The van der Waals surface area contributed by atoms with E-state index in [1.807, 2.05) is 25.3 Å². The molecule has 0 saturated carbocycles. The third-order valence-electron chi connectivity index (χ3n) is 15.5. The molecule has 0 amide bonds. The summed E-state index contributed by atoms with van der Waals surface area (Å²) in [5.74, 6) is 0. The third-order valence-corrected chi connectivity index (χ3v) is 15.5. The van der Waals surface area contributed by atoms with Gasteiger partial charge in [0.25, 0.3) is 0 Å². The average Bonchev–Trinajstić information content (AvgIpc) is 4.14. The van der Waals surface area contributed by atoms with E-state index < -0.39 is 0 Å². The number of nitrogens with zero attached hydrogens (tertiary/aromatic N) is 4. The van der Waals surface area contributed by atoms with Gasteiger partial charge < -0.3 is 0 Å². The van der Waals surface area contributed by atoms with Crippen LogP contribution in [0.4, 0.5) is 0 Å². The van der Waals surface area contributed by atoms with E-state index in [1.165, 1.54) is 90.7 Å². The average molecular weight is 955 g/mol. The van der Waals surface area contributed by atoms with Crippen LogP contribution in [-0.2, 0) is 51.4 Å². The molecule has 0 N–H and O–H groups in total. The highest BCUT2D eigenvalue weighted by Crippen LogP contribution is 2.42. The molecule has 4 nitrogen and oxygen atoms in total. The zero-order valence-corrected chi connectivity index (χ0v) is 42.3. The number of benzene rings is 7. The molecule has 10 aromatic rings. The second kappa shape index (κ2) is 20.5. The first-order valence-electron chi connectivity index (χ1n) is 26.4. The molecule has 74 heavy (non-hydrogen) atoms.